The lowest BCUT2D eigenvalue weighted by molar-refractivity contribution is 0.470. The molecule has 1 aromatic heterocycles. The molecule has 0 aromatic carbocycles. The first-order valence-electron chi connectivity index (χ1n) is 7.21. The lowest BCUT2D eigenvalue weighted by Crippen LogP contribution is -2.21. The van der Waals surface area contributed by atoms with E-state index in [0.29, 0.717) is 6.04 Å². The summed E-state index contributed by atoms with van der Waals surface area (Å²) < 4.78 is 0. The first-order chi connectivity index (χ1) is 8.88. The molecule has 0 aliphatic heterocycles. The van der Waals surface area contributed by atoms with Crippen molar-refractivity contribution in [1.29, 1.82) is 0 Å². The summed E-state index contributed by atoms with van der Waals surface area (Å²) in [5.41, 5.74) is 0. The Balaban J connectivity index is 1.92. The number of hydrogen-bond donors (Lipinski definition) is 2. The van der Waals surface area contributed by atoms with E-state index in [1.807, 2.05) is 6.20 Å². The van der Waals surface area contributed by atoms with Crippen LogP contribution >= 0.6 is 0 Å². The monoisotopic (exact) mass is 248 g/mol. The van der Waals surface area contributed by atoms with Crippen LogP contribution in [-0.2, 0) is 0 Å². The Kier molecular flexibility index (Phi) is 5.24. The van der Waals surface area contributed by atoms with Crippen molar-refractivity contribution in [1.82, 2.24) is 9.97 Å². The van der Waals surface area contributed by atoms with Crippen LogP contribution in [0.2, 0.25) is 0 Å². The zero-order chi connectivity index (χ0) is 12.6. The summed E-state index contributed by atoms with van der Waals surface area (Å²) >= 11 is 0. The first-order valence-corrected chi connectivity index (χ1v) is 7.21. The third-order valence-electron chi connectivity index (χ3n) is 3.45. The summed E-state index contributed by atoms with van der Waals surface area (Å²) in [6, 6.07) is 0.566. The SMILES string of the molecule is CCNc1cncc(NC2CCCCCCC2)n1. The predicted molar refractivity (Wildman–Crippen MR) is 75.9 cm³/mol. The Labute approximate surface area is 110 Å². The van der Waals surface area contributed by atoms with Crippen molar-refractivity contribution >= 4 is 11.6 Å². The van der Waals surface area contributed by atoms with E-state index in [4.69, 9.17) is 0 Å². The number of rotatable bonds is 4. The molecule has 1 aliphatic rings. The second kappa shape index (κ2) is 7.19. The van der Waals surface area contributed by atoms with Gasteiger partial charge in [-0.2, -0.15) is 0 Å². The zero-order valence-corrected chi connectivity index (χ0v) is 11.3. The van der Waals surface area contributed by atoms with Crippen LogP contribution in [0.15, 0.2) is 12.4 Å². The minimum atomic E-state index is 0.566. The van der Waals surface area contributed by atoms with Crippen molar-refractivity contribution in [2.45, 2.75) is 57.9 Å². The Morgan fingerprint density at radius 1 is 1.06 bits per heavy atom. The van der Waals surface area contributed by atoms with Crippen molar-refractivity contribution in [2.75, 3.05) is 17.2 Å². The van der Waals surface area contributed by atoms with Crippen molar-refractivity contribution < 1.29 is 0 Å². The summed E-state index contributed by atoms with van der Waals surface area (Å²) in [5.74, 6) is 1.76. The van der Waals surface area contributed by atoms with Crippen LogP contribution in [0, 0.1) is 0 Å². The zero-order valence-electron chi connectivity index (χ0n) is 11.3. The molecule has 2 rings (SSSR count). The van der Waals surface area contributed by atoms with Crippen LogP contribution in [0.4, 0.5) is 11.6 Å². The quantitative estimate of drug-likeness (QED) is 0.857. The van der Waals surface area contributed by atoms with Gasteiger partial charge in [0.2, 0.25) is 0 Å². The highest BCUT2D eigenvalue weighted by Crippen LogP contribution is 2.20. The number of hydrogen-bond acceptors (Lipinski definition) is 4. The summed E-state index contributed by atoms with van der Waals surface area (Å²) in [5, 5.41) is 6.73. The maximum absolute atomic E-state index is 4.53. The molecular weight excluding hydrogens is 224 g/mol. The normalized spacial score (nSPS) is 17.8. The van der Waals surface area contributed by atoms with Gasteiger partial charge in [-0.05, 0) is 19.8 Å². The Bertz CT molecular complexity index is 345. The molecule has 18 heavy (non-hydrogen) atoms. The van der Waals surface area contributed by atoms with Gasteiger partial charge in [-0.1, -0.05) is 32.1 Å². The Hall–Kier alpha value is -1.32. The first kappa shape index (κ1) is 13.1. The van der Waals surface area contributed by atoms with Gasteiger partial charge in [0.15, 0.2) is 0 Å². The number of anilines is 2. The molecule has 0 saturated heterocycles. The minimum absolute atomic E-state index is 0.566. The fraction of sp³-hybridized carbons (Fsp3) is 0.714. The standard InChI is InChI=1S/C14H24N4/c1-2-16-13-10-15-11-14(18-13)17-12-8-6-4-3-5-7-9-12/h10-12H,2-9H2,1H3,(H2,16,17,18). The van der Waals surface area contributed by atoms with E-state index in [-0.39, 0.29) is 0 Å². The van der Waals surface area contributed by atoms with E-state index in [2.05, 4.69) is 27.5 Å². The van der Waals surface area contributed by atoms with E-state index >= 15 is 0 Å². The van der Waals surface area contributed by atoms with Crippen LogP contribution in [0.1, 0.15) is 51.9 Å². The molecule has 0 radical (unpaired) electrons. The van der Waals surface area contributed by atoms with Gasteiger partial charge in [0.25, 0.3) is 0 Å². The van der Waals surface area contributed by atoms with Gasteiger partial charge in [0, 0.05) is 12.6 Å². The summed E-state index contributed by atoms with van der Waals surface area (Å²) in [4.78, 5) is 8.75. The molecule has 4 nitrogen and oxygen atoms in total. The highest BCUT2D eigenvalue weighted by Gasteiger charge is 2.11. The maximum atomic E-state index is 4.53. The number of nitrogens with one attached hydrogen (secondary N) is 2. The third kappa shape index (κ3) is 4.17. The fourth-order valence-corrected chi connectivity index (χ4v) is 2.51. The smallest absolute Gasteiger partial charge is 0.147 e. The van der Waals surface area contributed by atoms with Crippen LogP contribution in [0.25, 0.3) is 0 Å². The van der Waals surface area contributed by atoms with Crippen molar-refractivity contribution in [3.63, 3.8) is 0 Å². The highest BCUT2D eigenvalue weighted by atomic mass is 15.1. The average Bonchev–Trinajstić information content (AvgIpc) is 2.33. The second-order valence-corrected chi connectivity index (χ2v) is 5.01. The lowest BCUT2D eigenvalue weighted by atomic mass is 9.97. The number of nitrogens with zero attached hydrogens (tertiary/aromatic N) is 2. The summed E-state index contributed by atoms with van der Waals surface area (Å²) in [6.45, 7) is 2.94. The molecule has 0 amide bonds. The predicted octanol–water partition coefficient (Wildman–Crippen LogP) is 3.43. The van der Waals surface area contributed by atoms with Crippen LogP contribution in [0.3, 0.4) is 0 Å². The van der Waals surface area contributed by atoms with Gasteiger partial charge in [0.05, 0.1) is 12.4 Å². The van der Waals surface area contributed by atoms with Crippen molar-refractivity contribution in [3.8, 4) is 0 Å². The molecule has 0 unspecified atom stereocenters. The molecule has 1 aliphatic carbocycles. The van der Waals surface area contributed by atoms with Gasteiger partial charge in [-0.3, -0.25) is 4.98 Å². The maximum Gasteiger partial charge on any atom is 0.147 e. The Morgan fingerprint density at radius 3 is 2.44 bits per heavy atom. The van der Waals surface area contributed by atoms with Crippen molar-refractivity contribution in [2.24, 2.45) is 0 Å². The fourth-order valence-electron chi connectivity index (χ4n) is 2.51. The van der Waals surface area contributed by atoms with E-state index in [0.717, 1.165) is 18.2 Å². The molecule has 1 heterocycles. The minimum Gasteiger partial charge on any atom is -0.369 e. The topological polar surface area (TPSA) is 49.8 Å². The summed E-state index contributed by atoms with van der Waals surface area (Å²) in [6.07, 6.45) is 12.9. The second-order valence-electron chi connectivity index (χ2n) is 5.01. The van der Waals surface area contributed by atoms with Gasteiger partial charge in [0.1, 0.15) is 11.6 Å². The van der Waals surface area contributed by atoms with Crippen LogP contribution < -0.4 is 10.6 Å². The molecule has 1 fully saturated rings. The van der Waals surface area contributed by atoms with Crippen molar-refractivity contribution in [3.05, 3.63) is 12.4 Å². The molecule has 2 N–H and O–H groups in total. The molecule has 1 saturated carbocycles. The van der Waals surface area contributed by atoms with Gasteiger partial charge < -0.3 is 10.6 Å². The van der Waals surface area contributed by atoms with E-state index < -0.39 is 0 Å². The molecule has 4 heteroatoms. The summed E-state index contributed by atoms with van der Waals surface area (Å²) in [7, 11) is 0. The van der Waals surface area contributed by atoms with Gasteiger partial charge >= 0.3 is 0 Å². The van der Waals surface area contributed by atoms with Gasteiger partial charge in [-0.25, -0.2) is 4.98 Å². The average molecular weight is 248 g/mol. The molecule has 0 atom stereocenters. The molecular formula is C14H24N4. The van der Waals surface area contributed by atoms with Gasteiger partial charge in [-0.15, -0.1) is 0 Å². The lowest BCUT2D eigenvalue weighted by Gasteiger charge is -2.21. The van der Waals surface area contributed by atoms with Crippen LogP contribution in [-0.4, -0.2) is 22.6 Å². The van der Waals surface area contributed by atoms with E-state index in [9.17, 15) is 0 Å². The number of aromatic nitrogens is 2. The van der Waals surface area contributed by atoms with Crippen LogP contribution in [0.5, 0.6) is 0 Å². The highest BCUT2D eigenvalue weighted by molar-refractivity contribution is 5.41. The Morgan fingerprint density at radius 2 is 1.72 bits per heavy atom. The third-order valence-corrected chi connectivity index (χ3v) is 3.45. The molecule has 1 aromatic rings. The molecule has 100 valence electrons. The molecule has 0 spiro atoms. The van der Waals surface area contributed by atoms with E-state index in [1.54, 1.807) is 6.20 Å². The van der Waals surface area contributed by atoms with E-state index in [1.165, 1.54) is 44.9 Å². The molecule has 0 bridgehead atoms. The largest absolute Gasteiger partial charge is 0.369 e.